The second-order valence-corrected chi connectivity index (χ2v) is 1.30. The van der Waals surface area contributed by atoms with E-state index >= 15 is 0 Å². The van der Waals surface area contributed by atoms with Crippen LogP contribution in [0.3, 0.4) is 0 Å². The maximum atomic E-state index is 8.52. The summed E-state index contributed by atoms with van der Waals surface area (Å²) >= 11 is 0. The maximum Gasteiger partial charge on any atom is 1.00 e. The molecule has 0 N–H and O–H groups in total. The molecule has 0 spiro atoms. The van der Waals surface area contributed by atoms with Gasteiger partial charge in [0.15, 0.2) is 0 Å². The molecule has 0 aromatic heterocycles. The van der Waals surface area contributed by atoms with Crippen molar-refractivity contribution in [2.75, 3.05) is 0 Å². The fourth-order valence-electron chi connectivity index (χ4n) is 0. The molecule has 0 fully saturated rings. The van der Waals surface area contributed by atoms with E-state index in [9.17, 15) is 0 Å². The van der Waals surface area contributed by atoms with E-state index in [0.717, 1.165) is 5.34 Å². The Morgan fingerprint density at radius 3 is 1.00 bits per heavy atom. The Bertz CT molecular complexity index is 132. The van der Waals surface area contributed by atoms with Crippen molar-refractivity contribution in [3.05, 3.63) is 10.1 Å². The molecule has 0 radical (unpaired) electrons. The second-order valence-electron chi connectivity index (χ2n) is 0.483. The third kappa shape index (κ3) is 251. The molecule has 0 rings (SSSR count). The summed E-state index contributed by atoms with van der Waals surface area (Å²) in [7, 11) is -5.17. The fraction of sp³-hybridized carbons (Fsp3) is 0. The summed E-state index contributed by atoms with van der Waals surface area (Å²) in [5.74, 6) is 0. The zero-order valence-electron chi connectivity index (χ0n) is 6.30. The van der Waals surface area contributed by atoms with Gasteiger partial charge in [-0.25, -0.2) is 0 Å². The van der Waals surface area contributed by atoms with Crippen molar-refractivity contribution in [2.45, 2.75) is 0 Å². The fourth-order valence-corrected chi connectivity index (χ4v) is 0. The largest absolute Gasteiger partial charge is 1.00 e. The second kappa shape index (κ2) is 18.1. The summed E-state index contributed by atoms with van der Waals surface area (Å²) in [5.41, 5.74) is 0. The Morgan fingerprint density at radius 2 is 1.00 bits per heavy atom. The van der Waals surface area contributed by atoms with Crippen LogP contribution < -0.4 is 88.7 Å². The molecule has 0 heterocycles. The average molecular weight is 211 g/mol. The normalized spacial score (nSPS) is 6.36. The van der Waals surface area contributed by atoms with Crippen LogP contribution in [0.25, 0.3) is 0 Å². The van der Waals surface area contributed by atoms with E-state index in [1.54, 1.807) is 0 Å². The Morgan fingerprint density at radius 1 is 1.00 bits per heavy atom. The van der Waals surface area contributed by atoms with Gasteiger partial charge in [0.05, 0.1) is 0 Å². The van der Waals surface area contributed by atoms with Crippen LogP contribution in [0, 0.1) is 10.1 Å². The topological polar surface area (TPSA) is 133 Å². The molecular formula is NNa3O6S. The Hall–Kier alpha value is 2.27. The summed E-state index contributed by atoms with van der Waals surface area (Å²) in [6.45, 7) is 0. The van der Waals surface area contributed by atoms with Crippen molar-refractivity contribution in [2.24, 2.45) is 5.34 Å². The van der Waals surface area contributed by atoms with E-state index in [-0.39, 0.29) is 88.7 Å². The van der Waals surface area contributed by atoms with Crippen molar-refractivity contribution >= 4 is 10.4 Å². The van der Waals surface area contributed by atoms with Gasteiger partial charge in [-0.2, -0.15) is 0 Å². The summed E-state index contributed by atoms with van der Waals surface area (Å²) < 4.78 is 34.1. The third-order valence-corrected chi connectivity index (χ3v) is 0. The monoisotopic (exact) mass is 211 g/mol. The van der Waals surface area contributed by atoms with Crippen molar-refractivity contribution in [3.8, 4) is 0 Å². The van der Waals surface area contributed by atoms with Crippen molar-refractivity contribution < 1.29 is 106 Å². The third-order valence-electron chi connectivity index (χ3n) is 0. The molecule has 0 aliphatic rings. The predicted octanol–water partition coefficient (Wildman–Crippen LogP) is -10.1. The van der Waals surface area contributed by atoms with Crippen LogP contribution in [0.2, 0.25) is 0 Å². The number of rotatable bonds is 0. The van der Waals surface area contributed by atoms with Crippen LogP contribution in [0.15, 0.2) is 5.34 Å². The first-order valence-corrected chi connectivity index (χ1v) is 2.37. The molecule has 0 aromatic rings. The van der Waals surface area contributed by atoms with Crippen LogP contribution in [-0.2, 0) is 10.4 Å². The minimum atomic E-state index is -5.17. The smallest absolute Gasteiger partial charge is 0.759 e. The molecule has 0 aliphatic heterocycles. The first kappa shape index (κ1) is 29.2. The molecule has 11 heteroatoms. The van der Waals surface area contributed by atoms with E-state index in [4.69, 9.17) is 27.6 Å². The predicted molar refractivity (Wildman–Crippen MR) is 19.6 cm³/mol. The summed E-state index contributed by atoms with van der Waals surface area (Å²) in [5, 5.41) is 9.00. The van der Waals surface area contributed by atoms with Crippen molar-refractivity contribution in [1.82, 2.24) is 0 Å². The van der Waals surface area contributed by atoms with Gasteiger partial charge in [-0.05, 0) is 0 Å². The van der Waals surface area contributed by atoms with Gasteiger partial charge < -0.3 is 19.2 Å². The van der Waals surface area contributed by atoms with Crippen LogP contribution in [0.4, 0.5) is 0 Å². The van der Waals surface area contributed by atoms with E-state index < -0.39 is 10.4 Å². The van der Waals surface area contributed by atoms with Gasteiger partial charge >= 0.3 is 88.7 Å². The molecule has 0 amide bonds. The standard InChI is InChI=1S/HNO2.3Na.H2O4S/c2-1-3;;;;1-5(2,3)4/h(H,2,3);;;;(H2,1,2,3,4)/q;3*+1;/p-3. The van der Waals surface area contributed by atoms with E-state index in [0.29, 0.717) is 0 Å². The Balaban J connectivity index is -0.0000000183. The SMILES string of the molecule is O=N[O-].O=S(=O)([O-])[O-].[Na+].[Na+].[Na+]. The summed E-state index contributed by atoms with van der Waals surface area (Å²) in [6.07, 6.45) is 0. The minimum absolute atomic E-state index is 0. The van der Waals surface area contributed by atoms with E-state index in [1.807, 2.05) is 0 Å². The van der Waals surface area contributed by atoms with Crippen LogP contribution >= 0.6 is 0 Å². The average Bonchev–Trinajstić information content (AvgIpc) is 1.27. The Kier molecular flexibility index (Phi) is 48.2. The number of hydrogen-bond donors (Lipinski definition) is 0. The van der Waals surface area contributed by atoms with Gasteiger partial charge in [0.1, 0.15) is 0 Å². The molecule has 50 valence electrons. The van der Waals surface area contributed by atoms with Gasteiger partial charge in [0, 0.05) is 10.4 Å². The van der Waals surface area contributed by atoms with E-state index in [2.05, 4.69) is 0 Å². The molecule has 0 aliphatic carbocycles. The zero-order valence-corrected chi connectivity index (χ0v) is 13.1. The molecule has 11 heavy (non-hydrogen) atoms. The molecule has 0 atom stereocenters. The quantitative estimate of drug-likeness (QED) is 0.128. The molecule has 0 unspecified atom stereocenters. The molecule has 0 aromatic carbocycles. The first-order chi connectivity index (χ1) is 3.41. The van der Waals surface area contributed by atoms with Crippen LogP contribution in [0.5, 0.6) is 0 Å². The van der Waals surface area contributed by atoms with Gasteiger partial charge in [-0.1, -0.05) is 0 Å². The van der Waals surface area contributed by atoms with Gasteiger partial charge in [-0.15, -0.1) is 5.34 Å². The number of hydrogen-bond acceptors (Lipinski definition) is 7. The first-order valence-electron chi connectivity index (χ1n) is 1.03. The van der Waals surface area contributed by atoms with Crippen molar-refractivity contribution in [3.63, 3.8) is 0 Å². The summed E-state index contributed by atoms with van der Waals surface area (Å²) in [4.78, 5) is 8.00. The molecule has 7 nitrogen and oxygen atoms in total. The van der Waals surface area contributed by atoms with Gasteiger partial charge in [0.2, 0.25) is 0 Å². The maximum absolute atomic E-state index is 8.52. The Labute approximate surface area is 130 Å². The van der Waals surface area contributed by atoms with Gasteiger partial charge in [-0.3, -0.25) is 8.42 Å². The van der Waals surface area contributed by atoms with E-state index in [1.165, 1.54) is 0 Å². The summed E-state index contributed by atoms with van der Waals surface area (Å²) in [6, 6.07) is 0. The molecule has 0 saturated carbocycles. The number of nitrogens with zero attached hydrogens (tertiary/aromatic N) is 1. The van der Waals surface area contributed by atoms with Crippen molar-refractivity contribution in [1.29, 1.82) is 0 Å². The molecular weight excluding hydrogens is 211 g/mol. The molecule has 0 saturated heterocycles. The van der Waals surface area contributed by atoms with Gasteiger partial charge in [0.25, 0.3) is 0 Å². The molecule has 0 bridgehead atoms. The van der Waals surface area contributed by atoms with Crippen LogP contribution in [0.1, 0.15) is 0 Å². The minimum Gasteiger partial charge on any atom is -0.759 e. The van der Waals surface area contributed by atoms with Crippen LogP contribution in [-0.4, -0.2) is 17.5 Å². The zero-order chi connectivity index (χ0) is 7.21.